The lowest BCUT2D eigenvalue weighted by Crippen LogP contribution is -2.29. The quantitative estimate of drug-likeness (QED) is 0.856. The normalized spacial score (nSPS) is 20.4. The lowest BCUT2D eigenvalue weighted by Gasteiger charge is -2.06. The van der Waals surface area contributed by atoms with Crippen LogP contribution in [-0.2, 0) is 0 Å². The van der Waals surface area contributed by atoms with Crippen LogP contribution in [0.25, 0.3) is 0 Å². The molecule has 1 aromatic heterocycles. The molecule has 0 saturated heterocycles. The molecule has 0 atom stereocenters. The third-order valence-corrected chi connectivity index (χ3v) is 4.80. The zero-order valence-corrected chi connectivity index (χ0v) is 11.3. The smallest absolute Gasteiger partial charge is 0.267 e. The highest BCUT2D eigenvalue weighted by Gasteiger charge is 2.64. The molecular weight excluding hydrogens is 228 g/mol. The van der Waals surface area contributed by atoms with Crippen LogP contribution in [0.4, 0.5) is 0 Å². The molecule has 0 aliphatic heterocycles. The van der Waals surface area contributed by atoms with E-state index in [1.54, 1.807) is 12.1 Å². The Labute approximate surface area is 107 Å². The average Bonchev–Trinajstić information content (AvgIpc) is 2.66. The van der Waals surface area contributed by atoms with E-state index in [2.05, 4.69) is 38.0 Å². The topological polar surface area (TPSA) is 62.0 Å². The minimum Gasteiger partial charge on any atom is -0.350 e. The molecule has 1 heterocycles. The molecule has 1 fully saturated rings. The fraction of sp³-hybridized carbons (Fsp3) is 0.571. The van der Waals surface area contributed by atoms with Crippen LogP contribution in [0, 0.1) is 16.7 Å². The fourth-order valence-electron chi connectivity index (χ4n) is 2.71. The molecule has 4 nitrogen and oxygen atoms in total. The van der Waals surface area contributed by atoms with E-state index in [1.165, 1.54) is 6.07 Å². The number of amides is 1. The molecule has 0 radical (unpaired) electrons. The number of aromatic amines is 1. The van der Waals surface area contributed by atoms with Crippen LogP contribution in [0.5, 0.6) is 0 Å². The zero-order chi connectivity index (χ0) is 13.6. The van der Waals surface area contributed by atoms with Gasteiger partial charge in [-0.1, -0.05) is 33.8 Å². The first-order chi connectivity index (χ1) is 8.26. The van der Waals surface area contributed by atoms with Gasteiger partial charge in [0.1, 0.15) is 5.69 Å². The van der Waals surface area contributed by atoms with Crippen molar-refractivity contribution in [3.63, 3.8) is 0 Å². The predicted molar refractivity (Wildman–Crippen MR) is 70.4 cm³/mol. The molecule has 0 bridgehead atoms. The number of hydrogen-bond acceptors (Lipinski definition) is 2. The Bertz CT molecular complexity index is 515. The van der Waals surface area contributed by atoms with E-state index in [0.717, 1.165) is 0 Å². The molecule has 0 unspecified atom stereocenters. The monoisotopic (exact) mass is 248 g/mol. The maximum Gasteiger partial charge on any atom is 0.267 e. The number of carbonyl (C=O) groups is 1. The van der Waals surface area contributed by atoms with Gasteiger partial charge in [0.2, 0.25) is 5.56 Å². The third-order valence-electron chi connectivity index (χ3n) is 4.80. The van der Waals surface area contributed by atoms with Crippen LogP contribution >= 0.6 is 0 Å². The average molecular weight is 248 g/mol. The Morgan fingerprint density at radius 1 is 1.28 bits per heavy atom. The van der Waals surface area contributed by atoms with Gasteiger partial charge in [-0.15, -0.1) is 0 Å². The number of carbonyl (C=O) groups excluding carboxylic acids is 1. The largest absolute Gasteiger partial charge is 0.350 e. The van der Waals surface area contributed by atoms with E-state index in [1.807, 2.05) is 0 Å². The molecule has 98 valence electrons. The van der Waals surface area contributed by atoms with Gasteiger partial charge in [-0.25, -0.2) is 0 Å². The molecule has 4 heteroatoms. The Balaban J connectivity index is 1.97. The number of nitrogens with one attached hydrogen (secondary N) is 2. The molecule has 1 aromatic rings. The Hall–Kier alpha value is -1.58. The number of pyridine rings is 1. The summed E-state index contributed by atoms with van der Waals surface area (Å²) in [5, 5.41) is 2.89. The van der Waals surface area contributed by atoms with Crippen molar-refractivity contribution >= 4 is 5.91 Å². The van der Waals surface area contributed by atoms with Crippen molar-refractivity contribution in [2.24, 2.45) is 16.7 Å². The van der Waals surface area contributed by atoms with Gasteiger partial charge in [0, 0.05) is 12.6 Å². The van der Waals surface area contributed by atoms with Gasteiger partial charge in [-0.2, -0.15) is 0 Å². The summed E-state index contributed by atoms with van der Waals surface area (Å²) in [6.45, 7) is 9.51. The zero-order valence-electron chi connectivity index (χ0n) is 11.3. The maximum atomic E-state index is 11.9. The van der Waals surface area contributed by atoms with Gasteiger partial charge in [-0.3, -0.25) is 9.59 Å². The molecule has 1 aliphatic carbocycles. The summed E-state index contributed by atoms with van der Waals surface area (Å²) in [6.07, 6.45) is 0. The van der Waals surface area contributed by atoms with Crippen molar-refractivity contribution in [2.45, 2.75) is 27.7 Å². The van der Waals surface area contributed by atoms with Crippen LogP contribution in [0.15, 0.2) is 23.0 Å². The van der Waals surface area contributed by atoms with Gasteiger partial charge < -0.3 is 10.3 Å². The number of H-pyrrole nitrogens is 1. The van der Waals surface area contributed by atoms with Gasteiger partial charge in [0.15, 0.2) is 0 Å². The fourth-order valence-corrected chi connectivity index (χ4v) is 2.71. The first-order valence-corrected chi connectivity index (χ1v) is 6.24. The predicted octanol–water partition coefficient (Wildman–Crippen LogP) is 1.79. The third kappa shape index (κ3) is 1.96. The Morgan fingerprint density at radius 2 is 1.89 bits per heavy atom. The molecule has 2 N–H and O–H groups in total. The van der Waals surface area contributed by atoms with Crippen LogP contribution in [0.3, 0.4) is 0 Å². The minimum atomic E-state index is -0.255. The molecule has 0 spiro atoms. The minimum absolute atomic E-state index is 0.216. The molecular formula is C14H20N2O2. The Morgan fingerprint density at radius 3 is 2.39 bits per heavy atom. The van der Waals surface area contributed by atoms with Gasteiger partial charge in [0.25, 0.3) is 5.91 Å². The summed E-state index contributed by atoms with van der Waals surface area (Å²) in [6, 6.07) is 4.59. The van der Waals surface area contributed by atoms with Crippen molar-refractivity contribution in [1.82, 2.24) is 10.3 Å². The summed E-state index contributed by atoms with van der Waals surface area (Å²) in [5.74, 6) is 0.260. The molecule has 2 rings (SSSR count). The lowest BCUT2D eigenvalue weighted by atomic mass is 10.0. The highest BCUT2D eigenvalue weighted by molar-refractivity contribution is 5.92. The second-order valence-electron chi connectivity index (χ2n) is 6.13. The standard InChI is InChI=1S/C14H20N2O2/c1-13(2)10(14(13,3)4)8-15-12(18)9-6-5-7-11(17)16-9/h5-7,10H,8H2,1-4H3,(H,15,18)(H,16,17). The number of aromatic nitrogens is 1. The molecule has 1 aliphatic rings. The lowest BCUT2D eigenvalue weighted by molar-refractivity contribution is 0.0944. The summed E-state index contributed by atoms with van der Waals surface area (Å²) in [4.78, 5) is 25.5. The number of hydrogen-bond donors (Lipinski definition) is 2. The van der Waals surface area contributed by atoms with Crippen molar-refractivity contribution in [2.75, 3.05) is 6.54 Å². The highest BCUT2D eigenvalue weighted by atomic mass is 16.2. The van der Waals surface area contributed by atoms with Crippen LogP contribution in [-0.4, -0.2) is 17.4 Å². The van der Waals surface area contributed by atoms with E-state index in [-0.39, 0.29) is 22.3 Å². The van der Waals surface area contributed by atoms with Crippen LogP contribution in [0.2, 0.25) is 0 Å². The molecule has 1 saturated carbocycles. The molecule has 1 amide bonds. The first-order valence-electron chi connectivity index (χ1n) is 6.24. The second kappa shape index (κ2) is 3.97. The van der Waals surface area contributed by atoms with E-state index >= 15 is 0 Å². The van der Waals surface area contributed by atoms with E-state index in [0.29, 0.717) is 18.2 Å². The van der Waals surface area contributed by atoms with Crippen molar-refractivity contribution in [3.8, 4) is 0 Å². The van der Waals surface area contributed by atoms with E-state index in [9.17, 15) is 9.59 Å². The first kappa shape index (κ1) is 12.9. The second-order valence-corrected chi connectivity index (χ2v) is 6.13. The van der Waals surface area contributed by atoms with E-state index in [4.69, 9.17) is 0 Å². The summed E-state index contributed by atoms with van der Waals surface area (Å²) in [7, 11) is 0. The van der Waals surface area contributed by atoms with Gasteiger partial charge in [-0.05, 0) is 22.8 Å². The number of rotatable bonds is 3. The molecule has 18 heavy (non-hydrogen) atoms. The van der Waals surface area contributed by atoms with E-state index < -0.39 is 0 Å². The molecule has 0 aromatic carbocycles. The summed E-state index contributed by atoms with van der Waals surface area (Å²) >= 11 is 0. The highest BCUT2D eigenvalue weighted by Crippen LogP contribution is 2.67. The van der Waals surface area contributed by atoms with Gasteiger partial charge in [0.05, 0.1) is 0 Å². The van der Waals surface area contributed by atoms with Crippen molar-refractivity contribution in [1.29, 1.82) is 0 Å². The van der Waals surface area contributed by atoms with Crippen LogP contribution < -0.4 is 10.9 Å². The Kier molecular flexibility index (Phi) is 2.84. The summed E-state index contributed by atoms with van der Waals surface area (Å²) in [5.41, 5.74) is 0.572. The van der Waals surface area contributed by atoms with Crippen molar-refractivity contribution in [3.05, 3.63) is 34.2 Å². The van der Waals surface area contributed by atoms with Crippen molar-refractivity contribution < 1.29 is 4.79 Å². The van der Waals surface area contributed by atoms with Crippen LogP contribution in [0.1, 0.15) is 38.2 Å². The van der Waals surface area contributed by atoms with Gasteiger partial charge >= 0.3 is 0 Å². The SMILES string of the molecule is CC1(C)C(CNC(=O)c2cccc(=O)[nH]2)C1(C)C. The maximum absolute atomic E-state index is 11.9. The summed E-state index contributed by atoms with van der Waals surface area (Å²) < 4.78 is 0.